The number of hydrogen-bond acceptors (Lipinski definition) is 5. The number of nitrogens with zero attached hydrogens (tertiary/aromatic N) is 3. The minimum Gasteiger partial charge on any atom is -0.447 e. The average Bonchev–Trinajstić information content (AvgIpc) is 2.41. The van der Waals surface area contributed by atoms with E-state index in [2.05, 4.69) is 4.98 Å². The van der Waals surface area contributed by atoms with Crippen molar-refractivity contribution in [1.29, 1.82) is 5.26 Å². The van der Waals surface area contributed by atoms with Gasteiger partial charge in [-0.1, -0.05) is 17.7 Å². The van der Waals surface area contributed by atoms with E-state index in [0.29, 0.717) is 0 Å². The molecule has 0 radical (unpaired) electrons. The number of pyridine rings is 1. The van der Waals surface area contributed by atoms with Crippen molar-refractivity contribution in [1.82, 2.24) is 4.98 Å². The Bertz CT molecular complexity index is 665. The van der Waals surface area contributed by atoms with Gasteiger partial charge in [0.25, 0.3) is 0 Å². The number of nitriles is 1. The first kappa shape index (κ1) is 12.8. The quantitative estimate of drug-likeness (QED) is 0.633. The average molecular weight is 276 g/mol. The lowest BCUT2D eigenvalue weighted by molar-refractivity contribution is -0.385. The van der Waals surface area contributed by atoms with Crippen molar-refractivity contribution in [3.05, 3.63) is 57.4 Å². The van der Waals surface area contributed by atoms with Crippen molar-refractivity contribution >= 4 is 17.3 Å². The molecule has 0 saturated heterocycles. The van der Waals surface area contributed by atoms with Crippen LogP contribution in [0.5, 0.6) is 11.5 Å². The van der Waals surface area contributed by atoms with E-state index in [9.17, 15) is 10.1 Å². The summed E-state index contributed by atoms with van der Waals surface area (Å²) in [5.41, 5.74) is -0.0159. The molecule has 0 spiro atoms. The summed E-state index contributed by atoms with van der Waals surface area (Å²) >= 11 is 5.88. The molecular formula is C12H6ClN3O3. The largest absolute Gasteiger partial charge is 0.447 e. The van der Waals surface area contributed by atoms with Crippen molar-refractivity contribution < 1.29 is 9.66 Å². The van der Waals surface area contributed by atoms with Crippen molar-refractivity contribution in [3.8, 4) is 17.6 Å². The summed E-state index contributed by atoms with van der Waals surface area (Å²) in [4.78, 5) is 14.1. The summed E-state index contributed by atoms with van der Waals surface area (Å²) < 4.78 is 5.36. The van der Waals surface area contributed by atoms with Crippen LogP contribution in [0.1, 0.15) is 5.69 Å². The number of nitro benzene ring substituents is 1. The molecule has 0 N–H and O–H groups in total. The second-order valence-electron chi connectivity index (χ2n) is 3.44. The second-order valence-corrected chi connectivity index (χ2v) is 3.85. The molecule has 7 heteroatoms. The molecule has 0 aliphatic heterocycles. The monoisotopic (exact) mass is 275 g/mol. The maximum atomic E-state index is 10.9. The Morgan fingerprint density at radius 2 is 2.16 bits per heavy atom. The van der Waals surface area contributed by atoms with Crippen LogP contribution in [-0.2, 0) is 0 Å². The van der Waals surface area contributed by atoms with Crippen LogP contribution in [0.15, 0.2) is 36.5 Å². The van der Waals surface area contributed by atoms with Crippen LogP contribution < -0.4 is 4.74 Å². The number of hydrogen-bond donors (Lipinski definition) is 0. The molecule has 2 aromatic rings. The topological polar surface area (TPSA) is 89.0 Å². The van der Waals surface area contributed by atoms with E-state index in [0.717, 1.165) is 0 Å². The van der Waals surface area contributed by atoms with Crippen molar-refractivity contribution in [3.63, 3.8) is 0 Å². The summed E-state index contributed by atoms with van der Waals surface area (Å²) in [6.07, 6.45) is 1.30. The van der Waals surface area contributed by atoms with E-state index >= 15 is 0 Å². The van der Waals surface area contributed by atoms with Crippen molar-refractivity contribution in [2.24, 2.45) is 0 Å². The molecule has 1 aromatic carbocycles. The highest BCUT2D eigenvalue weighted by atomic mass is 35.5. The Morgan fingerprint density at radius 3 is 2.74 bits per heavy atom. The summed E-state index contributed by atoms with van der Waals surface area (Å²) in [6.45, 7) is 0. The number of nitro groups is 1. The van der Waals surface area contributed by atoms with E-state index in [4.69, 9.17) is 21.6 Å². The van der Waals surface area contributed by atoms with Gasteiger partial charge in [0.2, 0.25) is 5.75 Å². The fourth-order valence-electron chi connectivity index (χ4n) is 1.37. The van der Waals surface area contributed by atoms with Crippen molar-refractivity contribution in [2.75, 3.05) is 0 Å². The van der Waals surface area contributed by atoms with Crippen LogP contribution in [0.2, 0.25) is 5.02 Å². The molecule has 0 unspecified atom stereocenters. The van der Waals surface area contributed by atoms with Gasteiger partial charge in [-0.25, -0.2) is 4.98 Å². The zero-order valence-electron chi connectivity index (χ0n) is 9.41. The summed E-state index contributed by atoms with van der Waals surface area (Å²) in [5, 5.41) is 19.6. The Balaban J connectivity index is 2.37. The van der Waals surface area contributed by atoms with Crippen LogP contribution in [-0.4, -0.2) is 9.91 Å². The normalized spacial score (nSPS) is 9.68. The van der Waals surface area contributed by atoms with Crippen LogP contribution in [0, 0.1) is 21.4 Å². The summed E-state index contributed by atoms with van der Waals surface area (Å²) in [5.74, 6) is 0.205. The van der Waals surface area contributed by atoms with E-state index in [-0.39, 0.29) is 27.9 Å². The zero-order chi connectivity index (χ0) is 13.8. The fourth-order valence-corrected chi connectivity index (χ4v) is 1.58. The molecule has 2 rings (SSSR count). The fraction of sp³-hybridized carbons (Fsp3) is 0. The van der Waals surface area contributed by atoms with E-state index in [1.54, 1.807) is 0 Å². The third-order valence-corrected chi connectivity index (χ3v) is 2.51. The van der Waals surface area contributed by atoms with E-state index < -0.39 is 4.92 Å². The van der Waals surface area contributed by atoms with Crippen LogP contribution in [0.4, 0.5) is 5.69 Å². The SMILES string of the molecule is N#Cc1ccc(Oc2c(Cl)cccc2[N+](=O)[O-])cn1. The standard InChI is InChI=1S/C12H6ClN3O3/c13-10-2-1-3-11(16(17)18)12(10)19-9-5-4-8(6-14)15-7-9/h1-5,7H. The highest BCUT2D eigenvalue weighted by Gasteiger charge is 2.19. The van der Waals surface area contributed by atoms with Gasteiger partial charge in [0, 0.05) is 6.07 Å². The lowest BCUT2D eigenvalue weighted by atomic mass is 10.3. The predicted molar refractivity (Wildman–Crippen MR) is 67.1 cm³/mol. The van der Waals surface area contributed by atoms with Crippen LogP contribution in [0.25, 0.3) is 0 Å². The molecule has 0 fully saturated rings. The Kier molecular flexibility index (Phi) is 3.59. The van der Waals surface area contributed by atoms with E-state index in [1.807, 2.05) is 6.07 Å². The molecule has 94 valence electrons. The number of para-hydroxylation sites is 1. The van der Waals surface area contributed by atoms with Crippen LogP contribution in [0.3, 0.4) is 0 Å². The number of rotatable bonds is 3. The highest BCUT2D eigenvalue weighted by Crippen LogP contribution is 2.37. The molecule has 1 aromatic heterocycles. The van der Waals surface area contributed by atoms with Gasteiger partial charge in [0.05, 0.1) is 16.1 Å². The van der Waals surface area contributed by atoms with Gasteiger partial charge in [-0.3, -0.25) is 10.1 Å². The van der Waals surface area contributed by atoms with Gasteiger partial charge >= 0.3 is 5.69 Å². The molecule has 6 nitrogen and oxygen atoms in total. The predicted octanol–water partition coefficient (Wildman–Crippen LogP) is 3.31. The lowest BCUT2D eigenvalue weighted by Gasteiger charge is -2.07. The smallest absolute Gasteiger partial charge is 0.313 e. The summed E-state index contributed by atoms with van der Waals surface area (Å²) in [7, 11) is 0. The van der Waals surface area contributed by atoms with Gasteiger partial charge in [0.15, 0.2) is 0 Å². The van der Waals surface area contributed by atoms with Crippen molar-refractivity contribution in [2.45, 2.75) is 0 Å². The molecule has 1 heterocycles. The minimum absolute atomic E-state index is 0.0549. The molecule has 19 heavy (non-hydrogen) atoms. The van der Waals surface area contributed by atoms with Gasteiger partial charge in [-0.2, -0.15) is 5.26 Å². The Morgan fingerprint density at radius 1 is 1.37 bits per heavy atom. The molecule has 0 atom stereocenters. The van der Waals surface area contributed by atoms with E-state index in [1.165, 1.54) is 36.5 Å². The van der Waals surface area contributed by atoms with Gasteiger partial charge in [-0.15, -0.1) is 0 Å². The molecule has 0 aliphatic rings. The minimum atomic E-state index is -0.585. The van der Waals surface area contributed by atoms with Gasteiger partial charge < -0.3 is 4.74 Å². The zero-order valence-corrected chi connectivity index (χ0v) is 10.2. The van der Waals surface area contributed by atoms with Gasteiger partial charge in [-0.05, 0) is 18.2 Å². The third-order valence-electron chi connectivity index (χ3n) is 2.21. The molecule has 0 aliphatic carbocycles. The maximum Gasteiger partial charge on any atom is 0.313 e. The molecule has 0 saturated carbocycles. The lowest BCUT2D eigenvalue weighted by Crippen LogP contribution is -1.94. The maximum absolute atomic E-state index is 10.9. The number of halogens is 1. The number of benzene rings is 1. The van der Waals surface area contributed by atoms with Gasteiger partial charge in [0.1, 0.15) is 17.5 Å². The summed E-state index contributed by atoms with van der Waals surface area (Å²) in [6, 6.07) is 9.02. The number of ether oxygens (including phenoxy) is 1. The molecule has 0 bridgehead atoms. The number of aromatic nitrogens is 1. The first-order valence-electron chi connectivity index (χ1n) is 5.08. The molecular weight excluding hydrogens is 270 g/mol. The van der Waals surface area contributed by atoms with Crippen LogP contribution >= 0.6 is 11.6 Å². The Labute approximate surface area is 113 Å². The third kappa shape index (κ3) is 2.78. The second kappa shape index (κ2) is 5.33. The first-order chi connectivity index (χ1) is 9.11. The first-order valence-corrected chi connectivity index (χ1v) is 5.46. The molecule has 0 amide bonds. The highest BCUT2D eigenvalue weighted by molar-refractivity contribution is 6.32. The Hall–Kier alpha value is -2.65.